The molecule has 1 aliphatic carbocycles. The van der Waals surface area contributed by atoms with Gasteiger partial charge in [0.1, 0.15) is 0 Å². The maximum Gasteiger partial charge on any atom is 0.0401 e. The maximum absolute atomic E-state index is 3.63. The van der Waals surface area contributed by atoms with E-state index in [1.165, 1.54) is 62.7 Å². The van der Waals surface area contributed by atoms with Crippen LogP contribution in [0.4, 0.5) is 5.69 Å². The van der Waals surface area contributed by atoms with Crippen LogP contribution in [0.15, 0.2) is 24.3 Å². The Morgan fingerprint density at radius 1 is 1.14 bits per heavy atom. The van der Waals surface area contributed by atoms with Crippen LogP contribution in [0.2, 0.25) is 0 Å². The van der Waals surface area contributed by atoms with E-state index < -0.39 is 0 Å². The van der Waals surface area contributed by atoms with Crippen LogP contribution < -0.4 is 10.2 Å². The van der Waals surface area contributed by atoms with Gasteiger partial charge in [-0.1, -0.05) is 37.5 Å². The third kappa shape index (κ3) is 3.26. The largest absolute Gasteiger partial charge is 0.367 e. The second kappa shape index (κ2) is 6.83. The molecule has 1 saturated carbocycles. The summed E-state index contributed by atoms with van der Waals surface area (Å²) in [5, 5.41) is 3.63. The number of hydrogen-bond donors (Lipinski definition) is 1. The molecule has 1 N–H and O–H groups in total. The molecule has 0 amide bonds. The fourth-order valence-electron chi connectivity index (χ4n) is 4.26. The first kappa shape index (κ1) is 14.9. The third-order valence-corrected chi connectivity index (χ3v) is 5.65. The van der Waals surface area contributed by atoms with E-state index in [4.69, 9.17) is 0 Å². The van der Waals surface area contributed by atoms with Crippen molar-refractivity contribution in [2.45, 2.75) is 64.0 Å². The third-order valence-electron chi connectivity index (χ3n) is 5.65. The van der Waals surface area contributed by atoms with E-state index in [2.05, 4.69) is 48.5 Å². The minimum absolute atomic E-state index is 0.638. The molecule has 116 valence electrons. The Hall–Kier alpha value is -1.02. The highest BCUT2D eigenvalue weighted by Gasteiger charge is 2.29. The lowest BCUT2D eigenvalue weighted by Gasteiger charge is -2.41. The minimum Gasteiger partial charge on any atom is -0.367 e. The van der Waals surface area contributed by atoms with Crippen molar-refractivity contribution in [2.24, 2.45) is 5.92 Å². The summed E-state index contributed by atoms with van der Waals surface area (Å²) < 4.78 is 0. The normalized spacial score (nSPS) is 24.7. The van der Waals surface area contributed by atoms with Gasteiger partial charge in [-0.3, -0.25) is 0 Å². The molecule has 2 nitrogen and oxygen atoms in total. The average Bonchev–Trinajstić information content (AvgIpc) is 2.55. The van der Waals surface area contributed by atoms with E-state index in [0.29, 0.717) is 12.1 Å². The monoisotopic (exact) mass is 286 g/mol. The number of aryl methyl sites for hydroxylation is 1. The first-order valence-corrected chi connectivity index (χ1v) is 8.81. The van der Waals surface area contributed by atoms with Gasteiger partial charge in [0, 0.05) is 24.3 Å². The summed E-state index contributed by atoms with van der Waals surface area (Å²) in [6.07, 6.45) is 9.64. The Morgan fingerprint density at radius 3 is 2.67 bits per heavy atom. The van der Waals surface area contributed by atoms with E-state index in [0.717, 1.165) is 5.92 Å². The summed E-state index contributed by atoms with van der Waals surface area (Å²) in [6.45, 7) is 3.56. The van der Waals surface area contributed by atoms with Gasteiger partial charge in [0.2, 0.25) is 0 Å². The molecule has 21 heavy (non-hydrogen) atoms. The van der Waals surface area contributed by atoms with Crippen LogP contribution in [0.5, 0.6) is 0 Å². The Labute approximate surface area is 129 Å². The zero-order chi connectivity index (χ0) is 14.7. The standard InChI is InChI=1S/C19H30N2/c1-15-12-13-17-10-6-7-11-19(17)21(15)14-18(20-2)16-8-4-3-5-9-16/h6-7,10-11,15-16,18,20H,3-5,8-9,12-14H2,1-2H3. The van der Waals surface area contributed by atoms with E-state index in [1.54, 1.807) is 0 Å². The zero-order valence-electron chi connectivity index (χ0n) is 13.6. The van der Waals surface area contributed by atoms with Crippen LogP contribution in [0, 0.1) is 5.92 Å². The van der Waals surface area contributed by atoms with E-state index in [-0.39, 0.29) is 0 Å². The van der Waals surface area contributed by atoms with E-state index in [9.17, 15) is 0 Å². The molecule has 3 rings (SSSR count). The molecule has 1 fully saturated rings. The van der Waals surface area contributed by atoms with Crippen molar-refractivity contribution in [3.8, 4) is 0 Å². The number of anilines is 1. The Morgan fingerprint density at radius 2 is 1.90 bits per heavy atom. The SMILES string of the molecule is CNC(CN1c2ccccc2CCC1C)C1CCCCC1. The fraction of sp³-hybridized carbons (Fsp3) is 0.684. The van der Waals surface area contributed by atoms with Crippen molar-refractivity contribution in [1.29, 1.82) is 0 Å². The number of nitrogens with zero attached hydrogens (tertiary/aromatic N) is 1. The minimum atomic E-state index is 0.638. The molecule has 1 aromatic rings. The highest BCUT2D eigenvalue weighted by atomic mass is 15.2. The van der Waals surface area contributed by atoms with Crippen LogP contribution in [0.1, 0.15) is 51.0 Å². The molecule has 0 bridgehead atoms. The van der Waals surface area contributed by atoms with Gasteiger partial charge in [0.15, 0.2) is 0 Å². The number of fused-ring (bicyclic) bond motifs is 1. The summed E-state index contributed by atoms with van der Waals surface area (Å²) in [5.41, 5.74) is 3.02. The van der Waals surface area contributed by atoms with Gasteiger partial charge in [-0.25, -0.2) is 0 Å². The highest BCUT2D eigenvalue weighted by molar-refractivity contribution is 5.56. The van der Waals surface area contributed by atoms with Gasteiger partial charge in [-0.05, 0) is 57.2 Å². The molecular formula is C19H30N2. The number of nitrogens with one attached hydrogen (secondary N) is 1. The van der Waals surface area contributed by atoms with Crippen molar-refractivity contribution in [3.05, 3.63) is 29.8 Å². The predicted octanol–water partition coefficient (Wildman–Crippen LogP) is 4.00. The molecule has 2 aliphatic rings. The fourth-order valence-corrected chi connectivity index (χ4v) is 4.26. The smallest absolute Gasteiger partial charge is 0.0401 e. The maximum atomic E-state index is 3.63. The Kier molecular flexibility index (Phi) is 4.84. The molecule has 1 heterocycles. The van der Waals surface area contributed by atoms with Gasteiger partial charge >= 0.3 is 0 Å². The predicted molar refractivity (Wildman–Crippen MR) is 91.0 cm³/mol. The molecule has 0 aromatic heterocycles. The van der Waals surface area contributed by atoms with Gasteiger partial charge < -0.3 is 10.2 Å². The highest BCUT2D eigenvalue weighted by Crippen LogP contribution is 2.33. The quantitative estimate of drug-likeness (QED) is 0.900. The van der Waals surface area contributed by atoms with Gasteiger partial charge in [-0.2, -0.15) is 0 Å². The van der Waals surface area contributed by atoms with Crippen LogP contribution in [-0.4, -0.2) is 25.7 Å². The average molecular weight is 286 g/mol. The number of para-hydroxylation sites is 1. The molecule has 1 aromatic carbocycles. The lowest BCUT2D eigenvalue weighted by atomic mass is 9.83. The second-order valence-electron chi connectivity index (χ2n) is 6.96. The van der Waals surface area contributed by atoms with Gasteiger partial charge in [0.05, 0.1) is 0 Å². The lowest BCUT2D eigenvalue weighted by molar-refractivity contribution is 0.275. The number of benzene rings is 1. The Bertz CT molecular complexity index is 451. The van der Waals surface area contributed by atoms with Crippen molar-refractivity contribution in [1.82, 2.24) is 5.32 Å². The van der Waals surface area contributed by atoms with Crippen molar-refractivity contribution in [2.75, 3.05) is 18.5 Å². The van der Waals surface area contributed by atoms with Crippen molar-refractivity contribution < 1.29 is 0 Å². The first-order chi connectivity index (χ1) is 10.3. The van der Waals surface area contributed by atoms with Crippen LogP contribution in [-0.2, 0) is 6.42 Å². The van der Waals surface area contributed by atoms with Gasteiger partial charge in [-0.15, -0.1) is 0 Å². The van der Waals surface area contributed by atoms with Crippen molar-refractivity contribution >= 4 is 5.69 Å². The first-order valence-electron chi connectivity index (χ1n) is 8.81. The van der Waals surface area contributed by atoms with E-state index >= 15 is 0 Å². The summed E-state index contributed by atoms with van der Waals surface area (Å²) >= 11 is 0. The summed E-state index contributed by atoms with van der Waals surface area (Å²) in [6, 6.07) is 10.3. The van der Waals surface area contributed by atoms with E-state index in [1.807, 2.05) is 0 Å². The molecule has 2 unspecified atom stereocenters. The second-order valence-corrected chi connectivity index (χ2v) is 6.96. The number of rotatable bonds is 4. The molecule has 1 aliphatic heterocycles. The molecule has 0 saturated heterocycles. The zero-order valence-corrected chi connectivity index (χ0v) is 13.6. The number of hydrogen-bond acceptors (Lipinski definition) is 2. The van der Waals surface area contributed by atoms with Crippen molar-refractivity contribution in [3.63, 3.8) is 0 Å². The molecule has 2 heteroatoms. The molecular weight excluding hydrogens is 256 g/mol. The topological polar surface area (TPSA) is 15.3 Å². The van der Waals surface area contributed by atoms with Crippen LogP contribution >= 0.6 is 0 Å². The summed E-state index contributed by atoms with van der Waals surface area (Å²) in [4.78, 5) is 2.66. The van der Waals surface area contributed by atoms with Crippen LogP contribution in [0.3, 0.4) is 0 Å². The molecule has 2 atom stereocenters. The van der Waals surface area contributed by atoms with Crippen LogP contribution in [0.25, 0.3) is 0 Å². The van der Waals surface area contributed by atoms with Gasteiger partial charge in [0.25, 0.3) is 0 Å². The lowest BCUT2D eigenvalue weighted by Crippen LogP contribution is -2.49. The molecule has 0 spiro atoms. The Balaban J connectivity index is 1.75. The summed E-state index contributed by atoms with van der Waals surface area (Å²) in [7, 11) is 2.15. The molecule has 0 radical (unpaired) electrons. The summed E-state index contributed by atoms with van der Waals surface area (Å²) in [5.74, 6) is 0.866. The number of likely N-dealkylation sites (N-methyl/N-ethyl adjacent to an activating group) is 1.